The van der Waals surface area contributed by atoms with Crippen LogP contribution in [-0.2, 0) is 20.7 Å². The summed E-state index contributed by atoms with van der Waals surface area (Å²) in [7, 11) is 0. The maximum Gasteiger partial charge on any atom is 0.306 e. The third-order valence-electron chi connectivity index (χ3n) is 3.26. The molecule has 23 heavy (non-hydrogen) atoms. The van der Waals surface area contributed by atoms with Crippen LogP contribution in [0.5, 0.6) is 0 Å². The predicted octanol–water partition coefficient (Wildman–Crippen LogP) is 3.76. The molecule has 1 N–H and O–H groups in total. The van der Waals surface area contributed by atoms with E-state index in [2.05, 4.69) is 5.32 Å². The summed E-state index contributed by atoms with van der Waals surface area (Å²) in [6.45, 7) is 1.67. The molecule has 0 aliphatic carbocycles. The number of rotatable bonds is 6. The lowest BCUT2D eigenvalue weighted by Crippen LogP contribution is -2.21. The van der Waals surface area contributed by atoms with Crippen LogP contribution in [0.4, 0.5) is 5.69 Å². The molecule has 0 radical (unpaired) electrons. The fourth-order valence-electron chi connectivity index (χ4n) is 1.99. The van der Waals surface area contributed by atoms with Crippen molar-refractivity contribution >= 4 is 29.2 Å². The zero-order chi connectivity index (χ0) is 16.7. The molecule has 4 nitrogen and oxygen atoms in total. The van der Waals surface area contributed by atoms with E-state index in [-0.39, 0.29) is 18.9 Å². The fourth-order valence-corrected chi connectivity index (χ4v) is 2.22. The van der Waals surface area contributed by atoms with Gasteiger partial charge in [0.05, 0.1) is 0 Å². The number of carbonyl (C=O) groups is 2. The Bertz CT molecular complexity index is 683. The number of nitrogens with one attached hydrogen (secondary N) is 1. The Morgan fingerprint density at radius 1 is 1.09 bits per heavy atom. The van der Waals surface area contributed by atoms with E-state index < -0.39 is 5.97 Å². The summed E-state index contributed by atoms with van der Waals surface area (Å²) < 4.78 is 4.97. The largest absolute Gasteiger partial charge is 0.456 e. The van der Waals surface area contributed by atoms with Gasteiger partial charge >= 0.3 is 5.97 Å². The van der Waals surface area contributed by atoms with Crippen molar-refractivity contribution in [1.82, 2.24) is 0 Å². The molecule has 0 atom stereocenters. The van der Waals surface area contributed by atoms with Crippen molar-refractivity contribution in [1.29, 1.82) is 0 Å². The summed E-state index contributed by atoms with van der Waals surface area (Å²) in [5.74, 6) is -0.788. The van der Waals surface area contributed by atoms with Gasteiger partial charge in [0.25, 0.3) is 5.91 Å². The number of carbonyl (C=O) groups excluding carboxylic acids is 2. The summed E-state index contributed by atoms with van der Waals surface area (Å²) >= 11 is 6.02. The molecule has 0 aromatic heterocycles. The number of halogens is 1. The summed E-state index contributed by atoms with van der Waals surface area (Å²) in [6.07, 6.45) is 0.666. The summed E-state index contributed by atoms with van der Waals surface area (Å²) in [6, 6.07) is 14.7. The lowest BCUT2D eigenvalue weighted by Gasteiger charge is -2.07. The average Bonchev–Trinajstić information content (AvgIpc) is 2.54. The van der Waals surface area contributed by atoms with Crippen molar-refractivity contribution in [3.05, 3.63) is 64.7 Å². The number of hydrogen-bond donors (Lipinski definition) is 1. The van der Waals surface area contributed by atoms with Gasteiger partial charge in [-0.05, 0) is 37.1 Å². The van der Waals surface area contributed by atoms with Crippen LogP contribution in [0, 0.1) is 6.92 Å². The maximum absolute atomic E-state index is 11.7. The third-order valence-corrected chi connectivity index (χ3v) is 3.62. The number of anilines is 1. The summed E-state index contributed by atoms with van der Waals surface area (Å²) in [4.78, 5) is 23.4. The highest BCUT2D eigenvalue weighted by molar-refractivity contribution is 6.31. The van der Waals surface area contributed by atoms with Crippen LogP contribution in [0.1, 0.15) is 17.5 Å². The molecule has 0 saturated carbocycles. The van der Waals surface area contributed by atoms with E-state index in [1.54, 1.807) is 18.2 Å². The molecule has 0 fully saturated rings. The van der Waals surface area contributed by atoms with Crippen LogP contribution in [0.3, 0.4) is 0 Å². The minimum absolute atomic E-state index is 0.182. The van der Waals surface area contributed by atoms with E-state index in [4.69, 9.17) is 16.3 Å². The van der Waals surface area contributed by atoms with E-state index in [1.807, 2.05) is 37.3 Å². The summed E-state index contributed by atoms with van der Waals surface area (Å²) in [5, 5.41) is 3.29. The number of ether oxygens (including phenoxy) is 1. The molecule has 5 heteroatoms. The van der Waals surface area contributed by atoms with E-state index in [0.717, 1.165) is 11.1 Å². The number of hydrogen-bond acceptors (Lipinski definition) is 3. The fraction of sp³-hybridized carbons (Fsp3) is 0.222. The minimum Gasteiger partial charge on any atom is -0.456 e. The number of amides is 1. The molecular weight excluding hydrogens is 314 g/mol. The van der Waals surface area contributed by atoms with Crippen molar-refractivity contribution < 1.29 is 14.3 Å². The first-order valence-corrected chi connectivity index (χ1v) is 7.68. The second kappa shape index (κ2) is 8.34. The van der Waals surface area contributed by atoms with Gasteiger partial charge in [-0.25, -0.2) is 0 Å². The Morgan fingerprint density at radius 2 is 1.78 bits per heavy atom. The molecule has 1 amide bonds. The first kappa shape index (κ1) is 17.0. The Hall–Kier alpha value is -2.33. The maximum atomic E-state index is 11.7. The normalized spacial score (nSPS) is 10.2. The van der Waals surface area contributed by atoms with Gasteiger partial charge in [-0.15, -0.1) is 0 Å². The standard InChI is InChI=1S/C18H18ClNO3/c1-13-6-9-15(10-7-13)20-17(21)12-23-18(22)11-8-14-4-2-3-5-16(14)19/h2-7,9-10H,8,11-12H2,1H3,(H,20,21). The van der Waals surface area contributed by atoms with E-state index in [1.165, 1.54) is 0 Å². The molecule has 2 aromatic rings. The lowest BCUT2D eigenvalue weighted by molar-refractivity contribution is -0.147. The molecule has 0 spiro atoms. The van der Waals surface area contributed by atoms with Crippen LogP contribution >= 0.6 is 11.6 Å². The Labute approximate surface area is 140 Å². The molecule has 0 aliphatic rings. The van der Waals surface area contributed by atoms with Gasteiger partial charge in [0.15, 0.2) is 6.61 Å². The lowest BCUT2D eigenvalue weighted by atomic mass is 10.1. The molecule has 0 aliphatic heterocycles. The molecule has 120 valence electrons. The monoisotopic (exact) mass is 331 g/mol. The number of benzene rings is 2. The number of aryl methyl sites for hydroxylation is 2. The highest BCUT2D eigenvalue weighted by Crippen LogP contribution is 2.16. The van der Waals surface area contributed by atoms with Gasteiger partial charge in [-0.3, -0.25) is 9.59 Å². The van der Waals surface area contributed by atoms with Crippen LogP contribution in [0.2, 0.25) is 5.02 Å². The number of esters is 1. The second-order valence-electron chi connectivity index (χ2n) is 5.17. The quantitative estimate of drug-likeness (QED) is 0.820. The average molecular weight is 332 g/mol. The minimum atomic E-state index is -0.427. The zero-order valence-corrected chi connectivity index (χ0v) is 13.6. The first-order valence-electron chi connectivity index (χ1n) is 7.30. The first-order chi connectivity index (χ1) is 11.0. The Balaban J connectivity index is 1.72. The van der Waals surface area contributed by atoms with Crippen molar-refractivity contribution in [3.8, 4) is 0 Å². The Kier molecular flexibility index (Phi) is 6.18. The second-order valence-corrected chi connectivity index (χ2v) is 5.57. The van der Waals surface area contributed by atoms with Gasteiger partial charge < -0.3 is 10.1 Å². The Morgan fingerprint density at radius 3 is 2.48 bits per heavy atom. The van der Waals surface area contributed by atoms with E-state index in [0.29, 0.717) is 17.1 Å². The molecule has 0 heterocycles. The summed E-state index contributed by atoms with van der Waals surface area (Å²) in [5.41, 5.74) is 2.66. The van der Waals surface area contributed by atoms with Crippen LogP contribution in [0.15, 0.2) is 48.5 Å². The van der Waals surface area contributed by atoms with Crippen LogP contribution in [0.25, 0.3) is 0 Å². The van der Waals surface area contributed by atoms with Crippen molar-refractivity contribution in [2.45, 2.75) is 19.8 Å². The molecule has 0 saturated heterocycles. The zero-order valence-electron chi connectivity index (χ0n) is 12.8. The van der Waals surface area contributed by atoms with Crippen LogP contribution in [-0.4, -0.2) is 18.5 Å². The molecular formula is C18H18ClNO3. The van der Waals surface area contributed by atoms with Gasteiger partial charge in [-0.1, -0.05) is 47.5 Å². The van der Waals surface area contributed by atoms with Crippen molar-refractivity contribution in [2.75, 3.05) is 11.9 Å². The van der Waals surface area contributed by atoms with Gasteiger partial charge in [0, 0.05) is 17.1 Å². The highest BCUT2D eigenvalue weighted by atomic mass is 35.5. The van der Waals surface area contributed by atoms with Gasteiger partial charge in [-0.2, -0.15) is 0 Å². The molecule has 2 aromatic carbocycles. The molecule has 0 unspecified atom stereocenters. The van der Waals surface area contributed by atoms with E-state index >= 15 is 0 Å². The van der Waals surface area contributed by atoms with Crippen molar-refractivity contribution in [3.63, 3.8) is 0 Å². The molecule has 2 rings (SSSR count). The third kappa shape index (κ3) is 5.75. The smallest absolute Gasteiger partial charge is 0.306 e. The van der Waals surface area contributed by atoms with Crippen LogP contribution < -0.4 is 5.32 Å². The SMILES string of the molecule is Cc1ccc(NC(=O)COC(=O)CCc2ccccc2Cl)cc1. The predicted molar refractivity (Wildman–Crippen MR) is 90.5 cm³/mol. The molecule has 0 bridgehead atoms. The topological polar surface area (TPSA) is 55.4 Å². The van der Waals surface area contributed by atoms with E-state index in [9.17, 15) is 9.59 Å². The van der Waals surface area contributed by atoms with Gasteiger partial charge in [0.2, 0.25) is 0 Å². The van der Waals surface area contributed by atoms with Crippen molar-refractivity contribution in [2.24, 2.45) is 0 Å². The van der Waals surface area contributed by atoms with Gasteiger partial charge in [0.1, 0.15) is 0 Å². The highest BCUT2D eigenvalue weighted by Gasteiger charge is 2.09.